The summed E-state index contributed by atoms with van der Waals surface area (Å²) in [6.45, 7) is 4.92. The molecule has 0 spiro atoms. The van der Waals surface area contributed by atoms with Crippen LogP contribution >= 0.6 is 23.1 Å². The molecule has 0 saturated heterocycles. The molecule has 7 heteroatoms. The van der Waals surface area contributed by atoms with Crippen LogP contribution in [-0.2, 0) is 24.2 Å². The monoisotopic (exact) mass is 386 g/mol. The number of thiophene rings is 1. The highest BCUT2D eigenvalue weighted by atomic mass is 32.2. The van der Waals surface area contributed by atoms with E-state index in [4.69, 9.17) is 0 Å². The molecular formula is C19H22N4OS2. The first-order valence-corrected chi connectivity index (χ1v) is 10.4. The predicted molar refractivity (Wildman–Crippen MR) is 108 cm³/mol. The zero-order valence-corrected chi connectivity index (χ0v) is 16.6. The molecule has 5 nitrogen and oxygen atoms in total. The molecule has 1 N–H and O–H groups in total. The zero-order chi connectivity index (χ0) is 18.4. The Kier molecular flexibility index (Phi) is 6.46. The molecule has 1 aromatic carbocycles. The predicted octanol–water partition coefficient (Wildman–Crippen LogP) is 4.18. The zero-order valence-electron chi connectivity index (χ0n) is 14.9. The van der Waals surface area contributed by atoms with E-state index in [-0.39, 0.29) is 5.91 Å². The van der Waals surface area contributed by atoms with Gasteiger partial charge in [0.2, 0.25) is 5.91 Å². The molecule has 0 atom stereocenters. The first kappa shape index (κ1) is 18.7. The van der Waals surface area contributed by atoms with Crippen molar-refractivity contribution in [3.8, 4) is 0 Å². The number of nitrogens with one attached hydrogen (secondary N) is 1. The molecule has 136 valence electrons. The van der Waals surface area contributed by atoms with Gasteiger partial charge in [0.05, 0.1) is 5.75 Å². The average Bonchev–Trinajstić information content (AvgIpc) is 3.31. The Balaban J connectivity index is 1.56. The molecule has 0 unspecified atom stereocenters. The third-order valence-electron chi connectivity index (χ3n) is 4.10. The minimum absolute atomic E-state index is 0.0215. The van der Waals surface area contributed by atoms with Crippen LogP contribution in [0, 0.1) is 6.92 Å². The maximum atomic E-state index is 12.4. The lowest BCUT2D eigenvalue weighted by molar-refractivity contribution is -0.113. The van der Waals surface area contributed by atoms with E-state index in [2.05, 4.69) is 46.0 Å². The van der Waals surface area contributed by atoms with Crippen LogP contribution in [0.25, 0.3) is 0 Å². The van der Waals surface area contributed by atoms with Gasteiger partial charge in [-0.05, 0) is 42.3 Å². The largest absolute Gasteiger partial charge is 0.325 e. The van der Waals surface area contributed by atoms with Gasteiger partial charge in [0.1, 0.15) is 6.33 Å². The number of aryl methyl sites for hydroxylation is 4. The summed E-state index contributed by atoms with van der Waals surface area (Å²) in [6, 6.07) is 10.3. The van der Waals surface area contributed by atoms with Crippen LogP contribution < -0.4 is 5.32 Å². The Morgan fingerprint density at radius 1 is 1.31 bits per heavy atom. The van der Waals surface area contributed by atoms with Crippen molar-refractivity contribution in [2.45, 2.75) is 38.4 Å². The number of aromatic nitrogens is 3. The number of nitrogens with zero attached hydrogens (tertiary/aromatic N) is 3. The van der Waals surface area contributed by atoms with E-state index in [1.165, 1.54) is 16.6 Å². The van der Waals surface area contributed by atoms with Gasteiger partial charge >= 0.3 is 0 Å². The molecule has 3 rings (SSSR count). The van der Waals surface area contributed by atoms with Crippen LogP contribution in [0.5, 0.6) is 0 Å². The topological polar surface area (TPSA) is 59.8 Å². The van der Waals surface area contributed by atoms with Gasteiger partial charge < -0.3 is 9.88 Å². The summed E-state index contributed by atoms with van der Waals surface area (Å²) in [5.74, 6) is 0.293. The van der Waals surface area contributed by atoms with Gasteiger partial charge in [-0.15, -0.1) is 21.5 Å². The van der Waals surface area contributed by atoms with Crippen molar-refractivity contribution in [2.24, 2.45) is 0 Å². The summed E-state index contributed by atoms with van der Waals surface area (Å²) in [5.41, 5.74) is 3.17. The summed E-state index contributed by atoms with van der Waals surface area (Å²) < 4.78 is 2.00. The standard InChI is InChI=1S/C19H22N4OS2/c1-3-15-7-4-6-14(2)18(15)21-17(24)12-26-19-22-20-13-23(19)10-9-16-8-5-11-25-16/h4-8,11,13H,3,9-10,12H2,1-2H3,(H,21,24). The lowest BCUT2D eigenvalue weighted by atomic mass is 10.1. The minimum atomic E-state index is -0.0215. The van der Waals surface area contributed by atoms with Crippen LogP contribution in [-0.4, -0.2) is 26.4 Å². The smallest absolute Gasteiger partial charge is 0.234 e. The fourth-order valence-electron chi connectivity index (χ4n) is 2.70. The number of anilines is 1. The number of benzene rings is 1. The van der Waals surface area contributed by atoms with E-state index < -0.39 is 0 Å². The minimum Gasteiger partial charge on any atom is -0.325 e. The molecule has 2 heterocycles. The van der Waals surface area contributed by atoms with Gasteiger partial charge in [-0.25, -0.2) is 0 Å². The van der Waals surface area contributed by atoms with Gasteiger partial charge in [0, 0.05) is 17.1 Å². The summed E-state index contributed by atoms with van der Waals surface area (Å²) in [4.78, 5) is 13.7. The molecule has 3 aromatic rings. The first-order valence-electron chi connectivity index (χ1n) is 8.58. The molecule has 0 saturated carbocycles. The fraction of sp³-hybridized carbons (Fsp3) is 0.316. The molecule has 0 aliphatic carbocycles. The van der Waals surface area contributed by atoms with Crippen molar-refractivity contribution in [1.29, 1.82) is 0 Å². The summed E-state index contributed by atoms with van der Waals surface area (Å²) in [6.07, 6.45) is 3.56. The van der Waals surface area contributed by atoms with Crippen LogP contribution in [0.4, 0.5) is 5.69 Å². The van der Waals surface area contributed by atoms with E-state index in [0.717, 1.165) is 41.4 Å². The second-order valence-electron chi connectivity index (χ2n) is 5.94. The molecule has 0 bridgehead atoms. The Morgan fingerprint density at radius 3 is 2.96 bits per heavy atom. The summed E-state index contributed by atoms with van der Waals surface area (Å²) in [5, 5.41) is 14.0. The van der Waals surface area contributed by atoms with E-state index in [1.807, 2.05) is 23.6 Å². The van der Waals surface area contributed by atoms with Crippen molar-refractivity contribution in [2.75, 3.05) is 11.1 Å². The van der Waals surface area contributed by atoms with E-state index >= 15 is 0 Å². The Morgan fingerprint density at radius 2 is 2.19 bits per heavy atom. The lowest BCUT2D eigenvalue weighted by Crippen LogP contribution is -2.16. The van der Waals surface area contributed by atoms with E-state index in [1.54, 1.807) is 17.7 Å². The SMILES string of the molecule is CCc1cccc(C)c1NC(=O)CSc1nncn1CCc1cccs1. The second kappa shape index (κ2) is 9.00. The summed E-state index contributed by atoms with van der Waals surface area (Å²) >= 11 is 3.17. The van der Waals surface area contributed by atoms with Crippen molar-refractivity contribution in [3.05, 3.63) is 58.0 Å². The van der Waals surface area contributed by atoms with Gasteiger partial charge in [-0.2, -0.15) is 0 Å². The average molecular weight is 387 g/mol. The van der Waals surface area contributed by atoms with Gasteiger partial charge in [0.15, 0.2) is 5.16 Å². The normalized spacial score (nSPS) is 10.8. The third kappa shape index (κ3) is 4.74. The highest BCUT2D eigenvalue weighted by Gasteiger charge is 2.12. The van der Waals surface area contributed by atoms with Gasteiger partial charge in [-0.3, -0.25) is 4.79 Å². The first-order chi connectivity index (χ1) is 12.7. The Hall–Kier alpha value is -2.12. The number of rotatable bonds is 8. The Bertz CT molecular complexity index is 858. The van der Waals surface area contributed by atoms with E-state index in [9.17, 15) is 4.79 Å². The van der Waals surface area contributed by atoms with Crippen molar-refractivity contribution < 1.29 is 4.79 Å². The molecule has 0 fully saturated rings. The quantitative estimate of drug-likeness (QED) is 0.590. The van der Waals surface area contributed by atoms with Crippen LogP contribution in [0.2, 0.25) is 0 Å². The van der Waals surface area contributed by atoms with Crippen LogP contribution in [0.15, 0.2) is 47.2 Å². The van der Waals surface area contributed by atoms with Crippen molar-refractivity contribution in [1.82, 2.24) is 14.8 Å². The van der Waals surface area contributed by atoms with E-state index in [0.29, 0.717) is 5.75 Å². The highest BCUT2D eigenvalue weighted by Crippen LogP contribution is 2.22. The number of carbonyl (C=O) groups excluding carboxylic acids is 1. The number of hydrogen-bond acceptors (Lipinski definition) is 5. The van der Waals surface area contributed by atoms with Gasteiger partial charge in [-0.1, -0.05) is 43.0 Å². The second-order valence-corrected chi connectivity index (χ2v) is 7.91. The molecule has 2 aromatic heterocycles. The lowest BCUT2D eigenvalue weighted by Gasteiger charge is -2.12. The molecule has 1 amide bonds. The number of carbonyl (C=O) groups is 1. The molecule has 0 aliphatic heterocycles. The molecular weight excluding hydrogens is 364 g/mol. The fourth-order valence-corrected chi connectivity index (χ4v) is 4.14. The number of para-hydroxylation sites is 1. The van der Waals surface area contributed by atoms with Crippen molar-refractivity contribution in [3.63, 3.8) is 0 Å². The molecule has 26 heavy (non-hydrogen) atoms. The van der Waals surface area contributed by atoms with Gasteiger partial charge in [0.25, 0.3) is 0 Å². The van der Waals surface area contributed by atoms with Crippen LogP contribution in [0.3, 0.4) is 0 Å². The third-order valence-corrected chi connectivity index (χ3v) is 6.01. The van der Waals surface area contributed by atoms with Crippen LogP contribution in [0.1, 0.15) is 22.9 Å². The summed E-state index contributed by atoms with van der Waals surface area (Å²) in [7, 11) is 0. The maximum Gasteiger partial charge on any atom is 0.234 e. The Labute approximate surface area is 161 Å². The number of hydrogen-bond donors (Lipinski definition) is 1. The number of amides is 1. The number of thioether (sulfide) groups is 1. The molecule has 0 radical (unpaired) electrons. The molecule has 0 aliphatic rings. The highest BCUT2D eigenvalue weighted by molar-refractivity contribution is 7.99. The maximum absolute atomic E-state index is 12.4. The van der Waals surface area contributed by atoms with Crippen molar-refractivity contribution >= 4 is 34.7 Å².